The van der Waals surface area contributed by atoms with Gasteiger partial charge in [-0.25, -0.2) is 0 Å². The van der Waals surface area contributed by atoms with E-state index in [9.17, 15) is 13.2 Å². The highest BCUT2D eigenvalue weighted by Gasteiger charge is 2.33. The number of ether oxygens (including phenoxy) is 2. The Morgan fingerprint density at radius 2 is 1.74 bits per heavy atom. The van der Waals surface area contributed by atoms with E-state index < -0.39 is 11.7 Å². The summed E-state index contributed by atoms with van der Waals surface area (Å²) in [5.41, 5.74) is 5.18. The van der Waals surface area contributed by atoms with E-state index in [1.807, 2.05) is 0 Å². The predicted molar refractivity (Wildman–Crippen MR) is 85.2 cm³/mol. The normalized spacial score (nSPS) is 10.8. The number of hydrogen-bond acceptors (Lipinski definition) is 3. The Morgan fingerprint density at radius 1 is 1.04 bits per heavy atom. The first-order valence-electron chi connectivity index (χ1n) is 6.65. The number of alkyl halides is 3. The summed E-state index contributed by atoms with van der Waals surface area (Å²) < 4.78 is 49.9. The average molecular weight is 348 g/mol. The third-order valence-electron chi connectivity index (χ3n) is 3.08. The van der Waals surface area contributed by atoms with E-state index in [2.05, 4.69) is 0 Å². The molecule has 0 aromatic heterocycles. The molecule has 0 atom stereocenters. The molecule has 23 heavy (non-hydrogen) atoms. The molecule has 3 nitrogen and oxygen atoms in total. The van der Waals surface area contributed by atoms with Crippen molar-refractivity contribution in [1.82, 2.24) is 0 Å². The molecule has 2 rings (SSSR count). The smallest absolute Gasteiger partial charge is 0.417 e. The fourth-order valence-corrected chi connectivity index (χ4v) is 2.11. The van der Waals surface area contributed by atoms with Crippen LogP contribution < -0.4 is 15.2 Å². The molecule has 7 heteroatoms. The number of halogens is 4. The standard InChI is InChI=1S/C16H16F3NO2.ClH/c1-21-15-10-11(6-7-14(15)22-9-8-20)12-4-2-3-5-13(12)16(17,18)19;/h2-7,10H,8-9,20H2,1H3;1H. The summed E-state index contributed by atoms with van der Waals surface area (Å²) in [6.07, 6.45) is -4.42. The largest absolute Gasteiger partial charge is 0.493 e. The van der Waals surface area contributed by atoms with E-state index in [4.69, 9.17) is 15.2 Å². The molecule has 2 aromatic carbocycles. The molecule has 2 aromatic rings. The molecule has 0 aliphatic heterocycles. The van der Waals surface area contributed by atoms with Crippen molar-refractivity contribution < 1.29 is 22.6 Å². The maximum atomic E-state index is 13.1. The van der Waals surface area contributed by atoms with Crippen LogP contribution in [0.2, 0.25) is 0 Å². The second-order valence-corrected chi connectivity index (χ2v) is 4.55. The second kappa shape index (κ2) is 8.08. The van der Waals surface area contributed by atoms with Gasteiger partial charge in [0.25, 0.3) is 0 Å². The Morgan fingerprint density at radius 3 is 2.35 bits per heavy atom. The van der Waals surface area contributed by atoms with Crippen molar-refractivity contribution in [3.8, 4) is 22.6 Å². The van der Waals surface area contributed by atoms with Gasteiger partial charge in [-0.1, -0.05) is 24.3 Å². The average Bonchev–Trinajstić information content (AvgIpc) is 2.52. The number of methoxy groups -OCH3 is 1. The van der Waals surface area contributed by atoms with Crippen molar-refractivity contribution in [1.29, 1.82) is 0 Å². The van der Waals surface area contributed by atoms with Crippen LogP contribution in [0.1, 0.15) is 5.56 Å². The maximum absolute atomic E-state index is 13.1. The van der Waals surface area contributed by atoms with Gasteiger partial charge >= 0.3 is 6.18 Å². The summed E-state index contributed by atoms with van der Waals surface area (Å²) >= 11 is 0. The lowest BCUT2D eigenvalue weighted by Crippen LogP contribution is -2.11. The minimum atomic E-state index is -4.42. The van der Waals surface area contributed by atoms with Gasteiger partial charge in [0, 0.05) is 6.54 Å². The van der Waals surface area contributed by atoms with Crippen molar-refractivity contribution in [2.24, 2.45) is 5.73 Å². The van der Waals surface area contributed by atoms with Crippen LogP contribution in [0.15, 0.2) is 42.5 Å². The second-order valence-electron chi connectivity index (χ2n) is 4.55. The zero-order valence-corrected chi connectivity index (χ0v) is 13.2. The molecule has 0 saturated carbocycles. The van der Waals surface area contributed by atoms with Gasteiger partial charge in [-0.05, 0) is 29.3 Å². The molecule has 0 unspecified atom stereocenters. The van der Waals surface area contributed by atoms with Crippen LogP contribution in [-0.4, -0.2) is 20.3 Å². The van der Waals surface area contributed by atoms with Gasteiger partial charge < -0.3 is 15.2 Å². The summed E-state index contributed by atoms with van der Waals surface area (Å²) in [4.78, 5) is 0. The van der Waals surface area contributed by atoms with Crippen molar-refractivity contribution in [3.63, 3.8) is 0 Å². The molecule has 2 N–H and O–H groups in total. The summed E-state index contributed by atoms with van der Waals surface area (Å²) in [6.45, 7) is 0.636. The molecule has 0 fully saturated rings. The Kier molecular flexibility index (Phi) is 6.72. The van der Waals surface area contributed by atoms with Gasteiger partial charge in [-0.2, -0.15) is 13.2 Å². The molecular formula is C16H17ClF3NO2. The van der Waals surface area contributed by atoms with Crippen LogP contribution in [-0.2, 0) is 6.18 Å². The summed E-state index contributed by atoms with van der Waals surface area (Å²) in [5.74, 6) is 0.809. The van der Waals surface area contributed by atoms with E-state index in [0.717, 1.165) is 6.07 Å². The summed E-state index contributed by atoms with van der Waals surface area (Å²) in [7, 11) is 1.43. The fraction of sp³-hybridized carbons (Fsp3) is 0.250. The Balaban J connectivity index is 0.00000264. The van der Waals surface area contributed by atoms with Crippen LogP contribution in [0.3, 0.4) is 0 Å². The maximum Gasteiger partial charge on any atom is 0.417 e. The van der Waals surface area contributed by atoms with Gasteiger partial charge in [-0.15, -0.1) is 12.4 Å². The molecule has 0 amide bonds. The van der Waals surface area contributed by atoms with Gasteiger partial charge in [-0.3, -0.25) is 0 Å². The molecular weight excluding hydrogens is 331 g/mol. The number of nitrogens with two attached hydrogens (primary N) is 1. The minimum absolute atomic E-state index is 0. The first kappa shape index (κ1) is 19.1. The van der Waals surface area contributed by atoms with E-state index >= 15 is 0 Å². The SMILES string of the molecule is COc1cc(-c2ccccc2C(F)(F)F)ccc1OCCN.Cl. The van der Waals surface area contributed by atoms with E-state index in [1.165, 1.54) is 25.3 Å². The first-order chi connectivity index (χ1) is 10.5. The van der Waals surface area contributed by atoms with Crippen molar-refractivity contribution in [3.05, 3.63) is 48.0 Å². The molecule has 0 heterocycles. The molecule has 0 aliphatic rings. The minimum Gasteiger partial charge on any atom is -0.493 e. The van der Waals surface area contributed by atoms with Crippen molar-refractivity contribution >= 4 is 12.4 Å². The highest BCUT2D eigenvalue weighted by molar-refractivity contribution is 5.85. The Hall–Kier alpha value is -1.92. The highest BCUT2D eigenvalue weighted by Crippen LogP contribution is 2.39. The summed E-state index contributed by atoms with van der Waals surface area (Å²) in [6, 6.07) is 10.1. The molecule has 0 radical (unpaired) electrons. The zero-order valence-electron chi connectivity index (χ0n) is 12.4. The third kappa shape index (κ3) is 4.53. The van der Waals surface area contributed by atoms with Crippen LogP contribution in [0.25, 0.3) is 11.1 Å². The lowest BCUT2D eigenvalue weighted by atomic mass is 9.99. The van der Waals surface area contributed by atoms with Gasteiger partial charge in [0.2, 0.25) is 0 Å². The fourth-order valence-electron chi connectivity index (χ4n) is 2.11. The summed E-state index contributed by atoms with van der Waals surface area (Å²) in [5, 5.41) is 0. The monoisotopic (exact) mass is 347 g/mol. The van der Waals surface area contributed by atoms with Crippen LogP contribution in [0.5, 0.6) is 11.5 Å². The van der Waals surface area contributed by atoms with Crippen molar-refractivity contribution in [2.75, 3.05) is 20.3 Å². The van der Waals surface area contributed by atoms with E-state index in [0.29, 0.717) is 30.2 Å². The van der Waals surface area contributed by atoms with Gasteiger partial charge in [0.1, 0.15) is 6.61 Å². The van der Waals surface area contributed by atoms with Crippen LogP contribution in [0, 0.1) is 0 Å². The Labute approximate surface area is 138 Å². The quantitative estimate of drug-likeness (QED) is 0.884. The van der Waals surface area contributed by atoms with Gasteiger partial charge in [0.15, 0.2) is 11.5 Å². The third-order valence-corrected chi connectivity index (χ3v) is 3.08. The number of benzene rings is 2. The highest BCUT2D eigenvalue weighted by atomic mass is 35.5. The lowest BCUT2D eigenvalue weighted by Gasteiger charge is -2.15. The predicted octanol–water partition coefficient (Wildman–Crippen LogP) is 4.14. The van der Waals surface area contributed by atoms with Crippen LogP contribution >= 0.6 is 12.4 Å². The van der Waals surface area contributed by atoms with E-state index in [-0.39, 0.29) is 18.0 Å². The molecule has 0 spiro atoms. The van der Waals surface area contributed by atoms with Gasteiger partial charge in [0.05, 0.1) is 12.7 Å². The first-order valence-corrected chi connectivity index (χ1v) is 6.65. The zero-order chi connectivity index (χ0) is 16.2. The molecule has 0 saturated heterocycles. The molecule has 0 aliphatic carbocycles. The topological polar surface area (TPSA) is 44.5 Å². The number of rotatable bonds is 5. The van der Waals surface area contributed by atoms with Crippen LogP contribution in [0.4, 0.5) is 13.2 Å². The van der Waals surface area contributed by atoms with E-state index in [1.54, 1.807) is 18.2 Å². The Bertz CT molecular complexity index is 647. The molecule has 0 bridgehead atoms. The van der Waals surface area contributed by atoms with Crippen molar-refractivity contribution in [2.45, 2.75) is 6.18 Å². The lowest BCUT2D eigenvalue weighted by molar-refractivity contribution is -0.137. The molecule has 126 valence electrons. The number of hydrogen-bond donors (Lipinski definition) is 1.